The molecule has 0 aromatic heterocycles. The third-order valence-electron chi connectivity index (χ3n) is 5.21. The highest BCUT2D eigenvalue weighted by Crippen LogP contribution is 2.41. The average molecular weight is 387 g/mol. The van der Waals surface area contributed by atoms with Gasteiger partial charge >= 0.3 is 0 Å². The van der Waals surface area contributed by atoms with E-state index in [1.54, 1.807) is 7.11 Å². The zero-order valence-corrected chi connectivity index (χ0v) is 16.2. The molecule has 3 rings (SSSR count). The van der Waals surface area contributed by atoms with E-state index in [1.165, 1.54) is 38.2 Å². The zero-order chi connectivity index (χ0) is 17.8. The molecule has 2 atom stereocenters. The van der Waals surface area contributed by atoms with Crippen molar-refractivity contribution < 1.29 is 18.7 Å². The van der Waals surface area contributed by atoms with Crippen molar-refractivity contribution in [3.8, 4) is 5.75 Å². The predicted octanol–water partition coefficient (Wildman–Crippen LogP) is 2.73. The Bertz CT molecular complexity index is 612. The summed E-state index contributed by atoms with van der Waals surface area (Å²) in [5.41, 5.74) is 0.259. The van der Waals surface area contributed by atoms with Gasteiger partial charge in [0.15, 0.2) is 0 Å². The number of nitrogens with zero attached hydrogens (tertiary/aromatic N) is 1. The summed E-state index contributed by atoms with van der Waals surface area (Å²) in [6, 6.07) is 4.14. The summed E-state index contributed by atoms with van der Waals surface area (Å²) in [7, 11) is 3.20. The van der Waals surface area contributed by atoms with Crippen molar-refractivity contribution in [3.63, 3.8) is 0 Å². The summed E-state index contributed by atoms with van der Waals surface area (Å²) in [4.78, 5) is 15.1. The Morgan fingerprint density at radius 2 is 2.08 bits per heavy atom. The highest BCUT2D eigenvalue weighted by atomic mass is 35.5. The first kappa shape index (κ1) is 20.9. The molecule has 2 fully saturated rings. The van der Waals surface area contributed by atoms with Gasteiger partial charge in [-0.25, -0.2) is 4.39 Å². The molecule has 7 heteroatoms. The quantitative estimate of drug-likeness (QED) is 0.698. The molecule has 0 bridgehead atoms. The highest BCUT2D eigenvalue weighted by molar-refractivity contribution is 5.97. The van der Waals surface area contributed by atoms with Gasteiger partial charge in [0.05, 0.1) is 12.7 Å². The third kappa shape index (κ3) is 5.09. The number of likely N-dealkylation sites (tertiary alicyclic amines) is 1. The molecule has 146 valence electrons. The molecule has 0 unspecified atom stereocenters. The Balaban J connectivity index is 0.00000243. The van der Waals surface area contributed by atoms with Crippen molar-refractivity contribution in [2.45, 2.75) is 25.3 Å². The molecule has 0 spiro atoms. The van der Waals surface area contributed by atoms with E-state index < -0.39 is 5.82 Å². The topological polar surface area (TPSA) is 50.8 Å². The average Bonchev–Trinajstić information content (AvgIpc) is 3.37. The number of carbonyl (C=O) groups is 1. The lowest BCUT2D eigenvalue weighted by Gasteiger charge is -2.20. The second-order valence-electron chi connectivity index (χ2n) is 7.03. The van der Waals surface area contributed by atoms with Gasteiger partial charge in [0.1, 0.15) is 11.6 Å². The van der Waals surface area contributed by atoms with Gasteiger partial charge in [0.2, 0.25) is 0 Å². The van der Waals surface area contributed by atoms with E-state index in [0.29, 0.717) is 17.6 Å². The fourth-order valence-electron chi connectivity index (χ4n) is 3.79. The lowest BCUT2D eigenvalue weighted by atomic mass is 9.97. The summed E-state index contributed by atoms with van der Waals surface area (Å²) in [6.45, 7) is 3.59. The van der Waals surface area contributed by atoms with Gasteiger partial charge in [-0.15, -0.1) is 12.4 Å². The van der Waals surface area contributed by atoms with Gasteiger partial charge in [0.25, 0.3) is 5.91 Å². The highest BCUT2D eigenvalue weighted by Gasteiger charge is 2.43. The number of halogens is 2. The Morgan fingerprint density at radius 3 is 2.73 bits per heavy atom. The summed E-state index contributed by atoms with van der Waals surface area (Å²) >= 11 is 0. The molecule has 1 aliphatic carbocycles. The molecule has 1 amide bonds. The predicted molar refractivity (Wildman–Crippen MR) is 101 cm³/mol. The molecule has 0 radical (unpaired) electrons. The van der Waals surface area contributed by atoms with E-state index in [4.69, 9.17) is 9.47 Å². The number of hydrogen-bond donors (Lipinski definition) is 1. The fraction of sp³-hybridized carbons (Fsp3) is 0.632. The zero-order valence-electron chi connectivity index (χ0n) is 15.4. The van der Waals surface area contributed by atoms with E-state index in [-0.39, 0.29) is 29.9 Å². The molecule has 1 aromatic carbocycles. The van der Waals surface area contributed by atoms with Crippen molar-refractivity contribution in [1.82, 2.24) is 10.2 Å². The Morgan fingerprint density at radius 1 is 1.31 bits per heavy atom. The number of methoxy groups -OCH3 is 2. The van der Waals surface area contributed by atoms with Crippen LogP contribution in [0, 0.1) is 17.7 Å². The van der Waals surface area contributed by atoms with Crippen LogP contribution in [-0.4, -0.2) is 57.3 Å². The molecule has 1 saturated carbocycles. The van der Waals surface area contributed by atoms with E-state index in [9.17, 15) is 9.18 Å². The lowest BCUT2D eigenvalue weighted by Crippen LogP contribution is -2.41. The molecule has 5 nitrogen and oxygen atoms in total. The van der Waals surface area contributed by atoms with E-state index in [2.05, 4.69) is 10.2 Å². The maximum absolute atomic E-state index is 13.6. The number of rotatable bonds is 8. The van der Waals surface area contributed by atoms with E-state index in [0.717, 1.165) is 32.7 Å². The third-order valence-corrected chi connectivity index (χ3v) is 5.21. The number of amides is 1. The molecule has 1 N–H and O–H groups in total. The van der Waals surface area contributed by atoms with Crippen LogP contribution in [0.15, 0.2) is 18.2 Å². The smallest absolute Gasteiger partial charge is 0.255 e. The molecule has 1 saturated heterocycles. The molecule has 2 aliphatic rings. The van der Waals surface area contributed by atoms with Gasteiger partial charge < -0.3 is 19.7 Å². The summed E-state index contributed by atoms with van der Waals surface area (Å²) in [5, 5.41) is 3.13. The SMILES string of the molecule is COCCCN1C[C@H](NC(=O)c2cc(F)ccc2OC)[C@@H](C2CC2)C1.Cl. The first-order chi connectivity index (χ1) is 12.1. The summed E-state index contributed by atoms with van der Waals surface area (Å²) in [6.07, 6.45) is 3.48. The standard InChI is InChI=1S/C19H27FN2O3.ClH/c1-24-9-3-8-22-11-16(13-4-5-13)17(12-22)21-19(23)15-10-14(20)6-7-18(15)25-2;/h6-7,10,13,16-17H,3-5,8-9,11-12H2,1-2H3,(H,21,23);1H/t16-,17+;/m1./s1. The van der Waals surface area contributed by atoms with Crippen LogP contribution in [0.1, 0.15) is 29.6 Å². The first-order valence-corrected chi connectivity index (χ1v) is 8.98. The van der Waals surface area contributed by atoms with Crippen LogP contribution in [0.5, 0.6) is 5.75 Å². The number of carbonyl (C=O) groups excluding carboxylic acids is 1. The minimum absolute atomic E-state index is 0. The van der Waals surface area contributed by atoms with Crippen LogP contribution < -0.4 is 10.1 Å². The Hall–Kier alpha value is -1.37. The van der Waals surface area contributed by atoms with Crippen molar-refractivity contribution in [2.75, 3.05) is 40.5 Å². The second-order valence-corrected chi connectivity index (χ2v) is 7.03. The van der Waals surface area contributed by atoms with Crippen molar-refractivity contribution in [1.29, 1.82) is 0 Å². The van der Waals surface area contributed by atoms with E-state index >= 15 is 0 Å². The molecule has 1 aromatic rings. The van der Waals surface area contributed by atoms with Gasteiger partial charge in [0, 0.05) is 39.4 Å². The van der Waals surface area contributed by atoms with Crippen LogP contribution in [0.4, 0.5) is 4.39 Å². The van der Waals surface area contributed by atoms with Crippen molar-refractivity contribution in [2.24, 2.45) is 11.8 Å². The first-order valence-electron chi connectivity index (χ1n) is 8.98. The second kappa shape index (κ2) is 9.53. The minimum atomic E-state index is -0.433. The summed E-state index contributed by atoms with van der Waals surface area (Å²) < 4.78 is 23.9. The van der Waals surface area contributed by atoms with Crippen LogP contribution >= 0.6 is 12.4 Å². The maximum Gasteiger partial charge on any atom is 0.255 e. The molecule has 1 heterocycles. The maximum atomic E-state index is 13.6. The van der Waals surface area contributed by atoms with Crippen molar-refractivity contribution in [3.05, 3.63) is 29.6 Å². The number of hydrogen-bond acceptors (Lipinski definition) is 4. The van der Waals surface area contributed by atoms with Crippen LogP contribution in [0.2, 0.25) is 0 Å². The molecule has 26 heavy (non-hydrogen) atoms. The normalized spacial score (nSPS) is 22.7. The largest absolute Gasteiger partial charge is 0.496 e. The number of ether oxygens (including phenoxy) is 2. The molecular weight excluding hydrogens is 359 g/mol. The fourth-order valence-corrected chi connectivity index (χ4v) is 3.79. The van der Waals surface area contributed by atoms with Gasteiger partial charge in [-0.3, -0.25) is 4.79 Å². The van der Waals surface area contributed by atoms with Gasteiger partial charge in [-0.2, -0.15) is 0 Å². The van der Waals surface area contributed by atoms with E-state index in [1.807, 2.05) is 0 Å². The van der Waals surface area contributed by atoms with Crippen LogP contribution in [-0.2, 0) is 4.74 Å². The minimum Gasteiger partial charge on any atom is -0.496 e. The number of benzene rings is 1. The Labute approximate surface area is 160 Å². The van der Waals surface area contributed by atoms with Crippen LogP contribution in [0.3, 0.4) is 0 Å². The lowest BCUT2D eigenvalue weighted by molar-refractivity contribution is 0.0924. The van der Waals surface area contributed by atoms with Crippen LogP contribution in [0.25, 0.3) is 0 Å². The van der Waals surface area contributed by atoms with Gasteiger partial charge in [-0.1, -0.05) is 0 Å². The van der Waals surface area contributed by atoms with Gasteiger partial charge in [-0.05, 0) is 49.3 Å². The number of nitrogens with one attached hydrogen (secondary N) is 1. The molecular formula is C19H28ClFN2O3. The molecule has 1 aliphatic heterocycles. The van der Waals surface area contributed by atoms with Crippen molar-refractivity contribution >= 4 is 18.3 Å². The summed E-state index contributed by atoms with van der Waals surface area (Å²) in [5.74, 6) is 0.887. The Kier molecular flexibility index (Phi) is 7.68. The monoisotopic (exact) mass is 386 g/mol.